The standard InChI is InChI=1S/C25H32N4O3.HI/c1-26-23(30)16-19-11-13-29(14-12-19)25(27-2)28-17-21-9-6-10-22(15-21)24(31)32-18-20-7-4-3-5-8-20;/h3-10,15,19H,11-14,16-18H2,1-2H3,(H,26,30)(H,27,28);1H. The minimum Gasteiger partial charge on any atom is -0.457 e. The Hall–Kier alpha value is -2.62. The second-order valence-electron chi connectivity index (χ2n) is 7.97. The molecule has 1 fully saturated rings. The molecule has 33 heavy (non-hydrogen) atoms. The van der Waals surface area contributed by atoms with Gasteiger partial charge in [-0.25, -0.2) is 4.79 Å². The molecule has 0 saturated carbocycles. The van der Waals surface area contributed by atoms with Gasteiger partial charge in [0, 0.05) is 40.2 Å². The van der Waals surface area contributed by atoms with Crippen molar-refractivity contribution in [1.82, 2.24) is 15.5 Å². The van der Waals surface area contributed by atoms with Crippen LogP contribution < -0.4 is 10.6 Å². The molecule has 8 heteroatoms. The number of esters is 1. The van der Waals surface area contributed by atoms with E-state index < -0.39 is 0 Å². The molecule has 0 radical (unpaired) electrons. The third kappa shape index (κ3) is 8.34. The smallest absolute Gasteiger partial charge is 0.338 e. The molecule has 2 aromatic carbocycles. The van der Waals surface area contributed by atoms with Crippen molar-refractivity contribution in [2.75, 3.05) is 27.2 Å². The molecule has 7 nitrogen and oxygen atoms in total. The molecular formula is C25H33IN4O3. The zero-order chi connectivity index (χ0) is 22.8. The number of carbonyl (C=O) groups excluding carboxylic acids is 2. The van der Waals surface area contributed by atoms with E-state index in [1.54, 1.807) is 20.2 Å². The predicted octanol–water partition coefficient (Wildman–Crippen LogP) is 3.59. The molecule has 0 atom stereocenters. The summed E-state index contributed by atoms with van der Waals surface area (Å²) in [5, 5.41) is 6.09. The van der Waals surface area contributed by atoms with Crippen LogP contribution in [0.1, 0.15) is 40.7 Å². The maximum absolute atomic E-state index is 12.4. The first-order valence-electron chi connectivity index (χ1n) is 11.0. The summed E-state index contributed by atoms with van der Waals surface area (Å²) in [6, 6.07) is 17.1. The molecule has 2 aromatic rings. The molecule has 0 aliphatic carbocycles. The van der Waals surface area contributed by atoms with Crippen LogP contribution in [0.5, 0.6) is 0 Å². The summed E-state index contributed by atoms with van der Waals surface area (Å²) >= 11 is 0. The van der Waals surface area contributed by atoms with E-state index in [-0.39, 0.29) is 42.5 Å². The second-order valence-corrected chi connectivity index (χ2v) is 7.97. The lowest BCUT2D eigenvalue weighted by atomic mass is 9.93. The zero-order valence-corrected chi connectivity index (χ0v) is 21.6. The van der Waals surface area contributed by atoms with Crippen LogP contribution in [0.3, 0.4) is 0 Å². The van der Waals surface area contributed by atoms with Gasteiger partial charge in [0.05, 0.1) is 5.56 Å². The monoisotopic (exact) mass is 564 g/mol. The van der Waals surface area contributed by atoms with Gasteiger partial charge in [-0.1, -0.05) is 42.5 Å². The molecule has 0 bridgehead atoms. The maximum Gasteiger partial charge on any atom is 0.338 e. The topological polar surface area (TPSA) is 83.0 Å². The zero-order valence-electron chi connectivity index (χ0n) is 19.3. The van der Waals surface area contributed by atoms with E-state index in [1.807, 2.05) is 48.5 Å². The molecule has 1 amide bonds. The van der Waals surface area contributed by atoms with E-state index in [4.69, 9.17) is 4.74 Å². The first-order chi connectivity index (χ1) is 15.6. The molecule has 0 spiro atoms. The quantitative estimate of drug-likeness (QED) is 0.233. The fraction of sp³-hybridized carbons (Fsp3) is 0.400. The Kier molecular flexibility index (Phi) is 11.2. The van der Waals surface area contributed by atoms with Crippen LogP contribution in [0.15, 0.2) is 59.6 Å². The Balaban J connectivity index is 0.00000385. The predicted molar refractivity (Wildman–Crippen MR) is 141 cm³/mol. The second kappa shape index (κ2) is 13.8. The lowest BCUT2D eigenvalue weighted by Gasteiger charge is -2.34. The van der Waals surface area contributed by atoms with Gasteiger partial charge in [0.1, 0.15) is 6.61 Å². The number of halogens is 1. The number of hydrogen-bond donors (Lipinski definition) is 2. The van der Waals surface area contributed by atoms with E-state index in [1.165, 1.54) is 0 Å². The maximum atomic E-state index is 12.4. The van der Waals surface area contributed by atoms with Crippen molar-refractivity contribution in [2.45, 2.75) is 32.4 Å². The summed E-state index contributed by atoms with van der Waals surface area (Å²) in [5.74, 6) is 1.02. The van der Waals surface area contributed by atoms with E-state index in [9.17, 15) is 9.59 Å². The van der Waals surface area contributed by atoms with E-state index >= 15 is 0 Å². The Bertz CT molecular complexity index is 928. The minimum atomic E-state index is -0.335. The van der Waals surface area contributed by atoms with Crippen LogP contribution in [-0.2, 0) is 22.7 Å². The number of aliphatic imine (C=N–C) groups is 1. The summed E-state index contributed by atoms with van der Waals surface area (Å²) in [7, 11) is 3.46. The summed E-state index contributed by atoms with van der Waals surface area (Å²) in [6.07, 6.45) is 2.53. The first-order valence-corrected chi connectivity index (χ1v) is 11.0. The summed E-state index contributed by atoms with van der Waals surface area (Å²) in [4.78, 5) is 30.7. The third-order valence-corrected chi connectivity index (χ3v) is 5.70. The number of benzene rings is 2. The highest BCUT2D eigenvalue weighted by Gasteiger charge is 2.23. The fourth-order valence-corrected chi connectivity index (χ4v) is 3.84. The molecule has 0 aromatic heterocycles. The van der Waals surface area contributed by atoms with Crippen molar-refractivity contribution >= 4 is 41.8 Å². The van der Waals surface area contributed by atoms with Crippen LogP contribution in [0.25, 0.3) is 0 Å². The van der Waals surface area contributed by atoms with Gasteiger partial charge in [-0.15, -0.1) is 24.0 Å². The van der Waals surface area contributed by atoms with Crippen LogP contribution in [0, 0.1) is 5.92 Å². The highest BCUT2D eigenvalue weighted by molar-refractivity contribution is 14.0. The number of guanidine groups is 1. The SMILES string of the molecule is CN=C(NCc1cccc(C(=O)OCc2ccccc2)c1)N1CCC(CC(=O)NC)CC1.I. The van der Waals surface area contributed by atoms with Crippen LogP contribution >= 0.6 is 24.0 Å². The summed E-state index contributed by atoms with van der Waals surface area (Å²) in [6.45, 7) is 2.55. The van der Waals surface area contributed by atoms with Crippen molar-refractivity contribution in [3.05, 3.63) is 71.3 Å². The van der Waals surface area contributed by atoms with Crippen molar-refractivity contribution in [3.63, 3.8) is 0 Å². The molecule has 1 aliphatic rings. The molecule has 3 rings (SSSR count). The first kappa shape index (κ1) is 26.6. The number of ether oxygens (including phenoxy) is 1. The number of nitrogens with one attached hydrogen (secondary N) is 2. The number of nitrogens with zero attached hydrogens (tertiary/aromatic N) is 2. The van der Waals surface area contributed by atoms with Gasteiger partial charge >= 0.3 is 5.97 Å². The Labute approximate surface area is 213 Å². The third-order valence-electron chi connectivity index (χ3n) is 5.70. The largest absolute Gasteiger partial charge is 0.457 e. The summed E-state index contributed by atoms with van der Waals surface area (Å²) < 4.78 is 5.44. The van der Waals surface area contributed by atoms with E-state index in [2.05, 4.69) is 20.5 Å². The van der Waals surface area contributed by atoms with Crippen LogP contribution in [0.2, 0.25) is 0 Å². The van der Waals surface area contributed by atoms with Gasteiger partial charge < -0.3 is 20.3 Å². The van der Waals surface area contributed by atoms with Crippen molar-refractivity contribution in [2.24, 2.45) is 10.9 Å². The number of amides is 1. The van der Waals surface area contributed by atoms with E-state index in [0.717, 1.165) is 43.0 Å². The van der Waals surface area contributed by atoms with Gasteiger partial charge in [-0.2, -0.15) is 0 Å². The number of carbonyl (C=O) groups is 2. The van der Waals surface area contributed by atoms with Crippen LogP contribution in [-0.4, -0.2) is 49.9 Å². The minimum absolute atomic E-state index is 0. The molecular weight excluding hydrogens is 531 g/mol. The Morgan fingerprint density at radius 1 is 1.06 bits per heavy atom. The summed E-state index contributed by atoms with van der Waals surface area (Å²) in [5.41, 5.74) is 2.47. The molecule has 1 saturated heterocycles. The van der Waals surface area contributed by atoms with Gasteiger partial charge in [0.15, 0.2) is 5.96 Å². The van der Waals surface area contributed by atoms with Crippen molar-refractivity contribution in [3.8, 4) is 0 Å². The average Bonchev–Trinajstić information content (AvgIpc) is 2.84. The van der Waals surface area contributed by atoms with Gasteiger partial charge in [0.2, 0.25) is 5.91 Å². The van der Waals surface area contributed by atoms with Crippen molar-refractivity contribution in [1.29, 1.82) is 0 Å². The molecule has 0 unspecified atom stereocenters. The van der Waals surface area contributed by atoms with Gasteiger partial charge in [-0.05, 0) is 42.0 Å². The lowest BCUT2D eigenvalue weighted by Crippen LogP contribution is -2.45. The van der Waals surface area contributed by atoms with Gasteiger partial charge in [-0.3, -0.25) is 9.79 Å². The average molecular weight is 564 g/mol. The number of rotatable bonds is 7. The number of likely N-dealkylation sites (tertiary alicyclic amines) is 1. The normalized spacial score (nSPS) is 14.2. The molecule has 2 N–H and O–H groups in total. The van der Waals surface area contributed by atoms with Crippen LogP contribution in [0.4, 0.5) is 0 Å². The molecule has 178 valence electrons. The van der Waals surface area contributed by atoms with Gasteiger partial charge in [0.25, 0.3) is 0 Å². The van der Waals surface area contributed by atoms with Crippen molar-refractivity contribution < 1.29 is 14.3 Å². The Morgan fingerprint density at radius 3 is 2.42 bits per heavy atom. The molecule has 1 aliphatic heterocycles. The van der Waals surface area contributed by atoms with E-state index in [0.29, 0.717) is 24.4 Å². The Morgan fingerprint density at radius 2 is 1.76 bits per heavy atom. The number of hydrogen-bond acceptors (Lipinski definition) is 4. The number of piperidine rings is 1. The highest BCUT2D eigenvalue weighted by Crippen LogP contribution is 2.20. The highest BCUT2D eigenvalue weighted by atomic mass is 127. The fourth-order valence-electron chi connectivity index (χ4n) is 3.84. The molecule has 1 heterocycles. The lowest BCUT2D eigenvalue weighted by molar-refractivity contribution is -0.121.